The molecule has 0 aromatic rings. The topological polar surface area (TPSA) is 0 Å². The van der Waals surface area contributed by atoms with E-state index in [0.717, 1.165) is 6.55 Å². The largest absolute Gasteiger partial charge is 0.460 e. The van der Waals surface area contributed by atoms with E-state index in [1.165, 1.54) is 0 Å². The summed E-state index contributed by atoms with van der Waals surface area (Å²) in [5.41, 5.74) is -4.86. The number of alkyl halides is 13. The summed E-state index contributed by atoms with van der Waals surface area (Å²) in [6, 6.07) is 0. The molecule has 0 nitrogen and oxygen atoms in total. The van der Waals surface area contributed by atoms with Crippen molar-refractivity contribution in [2.75, 3.05) is 0 Å². The Morgan fingerprint density at radius 1 is 0.733 bits per heavy atom. The van der Waals surface area contributed by atoms with Crippen LogP contribution in [0.5, 0.6) is 0 Å². The van der Waals surface area contributed by atoms with Gasteiger partial charge in [0.1, 0.15) is 0 Å². The maximum atomic E-state index is 14.9. The fourth-order valence-electron chi connectivity index (χ4n) is 4.54. The summed E-state index contributed by atoms with van der Waals surface area (Å²) in [5, 5.41) is 0. The van der Waals surface area contributed by atoms with Gasteiger partial charge >= 0.3 is 35.8 Å². The molecular formula is C14H13Cl2F13Si. The van der Waals surface area contributed by atoms with Crippen molar-refractivity contribution in [1.82, 2.24) is 0 Å². The second-order valence-electron chi connectivity index (χ2n) is 7.88. The van der Waals surface area contributed by atoms with E-state index in [9.17, 15) is 57.1 Å². The molecule has 2 saturated carbocycles. The van der Waals surface area contributed by atoms with E-state index < -0.39 is 72.2 Å². The van der Waals surface area contributed by atoms with Gasteiger partial charge in [-0.3, -0.25) is 0 Å². The van der Waals surface area contributed by atoms with Crippen LogP contribution in [0.4, 0.5) is 57.1 Å². The second kappa shape index (κ2) is 6.70. The Labute approximate surface area is 171 Å². The molecule has 2 aliphatic rings. The molecule has 2 rings (SSSR count). The zero-order chi connectivity index (χ0) is 24.0. The predicted molar refractivity (Wildman–Crippen MR) is 82.3 cm³/mol. The molecule has 16 heteroatoms. The second-order valence-corrected chi connectivity index (χ2v) is 15.8. The SMILES string of the molecule is C[Si](Cl)(Cl)C1CC2CCC1(C(F)(F)C(F)(F)C(F)(F)C(F)(F)C(F)(F)C(F)(F)F)C2. The average Bonchev–Trinajstić information content (AvgIpc) is 3.12. The Morgan fingerprint density at radius 2 is 1.17 bits per heavy atom. The van der Waals surface area contributed by atoms with Gasteiger partial charge in [0.15, 0.2) is 0 Å². The lowest BCUT2D eigenvalue weighted by Crippen LogP contribution is -2.72. The molecule has 0 aliphatic heterocycles. The maximum Gasteiger partial charge on any atom is 0.460 e. The Hall–Kier alpha value is -0.113. The lowest BCUT2D eigenvalue weighted by atomic mass is 9.72. The van der Waals surface area contributed by atoms with Gasteiger partial charge in [0.2, 0.25) is 0 Å². The summed E-state index contributed by atoms with van der Waals surface area (Å²) in [7, 11) is 0. The van der Waals surface area contributed by atoms with Gasteiger partial charge in [-0.1, -0.05) is 0 Å². The van der Waals surface area contributed by atoms with Crippen molar-refractivity contribution in [3.8, 4) is 0 Å². The third kappa shape index (κ3) is 3.08. The molecule has 2 aliphatic carbocycles. The fourth-order valence-corrected chi connectivity index (χ4v) is 8.48. The van der Waals surface area contributed by atoms with E-state index in [4.69, 9.17) is 22.2 Å². The minimum absolute atomic E-state index is 0.207. The molecule has 3 atom stereocenters. The van der Waals surface area contributed by atoms with Crippen LogP contribution in [-0.2, 0) is 0 Å². The monoisotopic (exact) mass is 526 g/mol. The van der Waals surface area contributed by atoms with E-state index in [1.54, 1.807) is 0 Å². The van der Waals surface area contributed by atoms with Crippen molar-refractivity contribution in [2.24, 2.45) is 11.3 Å². The summed E-state index contributed by atoms with van der Waals surface area (Å²) in [6.45, 7) is -2.84. The predicted octanol–water partition coefficient (Wildman–Crippen LogP) is 7.84. The molecule has 0 N–H and O–H groups in total. The van der Waals surface area contributed by atoms with Gasteiger partial charge < -0.3 is 0 Å². The molecule has 0 spiro atoms. The number of rotatable bonds is 6. The van der Waals surface area contributed by atoms with Crippen molar-refractivity contribution in [1.29, 1.82) is 0 Å². The van der Waals surface area contributed by atoms with Gasteiger partial charge in [0, 0.05) is 5.41 Å². The molecular weight excluding hydrogens is 514 g/mol. The number of fused-ring (bicyclic) bond motifs is 2. The minimum atomic E-state index is -7.89. The third-order valence-electron chi connectivity index (χ3n) is 6.06. The van der Waals surface area contributed by atoms with Crippen molar-refractivity contribution < 1.29 is 57.1 Å². The first kappa shape index (κ1) is 26.1. The van der Waals surface area contributed by atoms with Crippen LogP contribution in [0.25, 0.3) is 0 Å². The first-order valence-electron chi connectivity index (χ1n) is 8.25. The third-order valence-corrected chi connectivity index (χ3v) is 9.65. The molecule has 0 aromatic heterocycles. The molecule has 2 bridgehead atoms. The highest BCUT2D eigenvalue weighted by molar-refractivity contribution is 7.45. The molecule has 0 aromatic carbocycles. The van der Waals surface area contributed by atoms with Crippen LogP contribution in [0.2, 0.25) is 12.1 Å². The normalized spacial score (nSPS) is 29.6. The lowest BCUT2D eigenvalue weighted by Gasteiger charge is -2.49. The van der Waals surface area contributed by atoms with Crippen LogP contribution in [0.3, 0.4) is 0 Å². The van der Waals surface area contributed by atoms with Crippen molar-refractivity contribution in [2.45, 2.75) is 73.6 Å². The van der Waals surface area contributed by atoms with Crippen LogP contribution >= 0.6 is 22.2 Å². The smallest absolute Gasteiger partial charge is 0.199 e. The molecule has 3 unspecified atom stereocenters. The van der Waals surface area contributed by atoms with E-state index in [0.29, 0.717) is 0 Å². The zero-order valence-electron chi connectivity index (χ0n) is 14.7. The number of hydrogen-bond acceptors (Lipinski definition) is 0. The summed E-state index contributed by atoms with van der Waals surface area (Å²) in [5.74, 6) is -37.6. The van der Waals surface area contributed by atoms with Crippen molar-refractivity contribution >= 4 is 28.9 Å². The van der Waals surface area contributed by atoms with E-state index in [1.807, 2.05) is 0 Å². The first-order chi connectivity index (χ1) is 12.9. The van der Waals surface area contributed by atoms with E-state index in [-0.39, 0.29) is 12.8 Å². The molecule has 0 amide bonds. The van der Waals surface area contributed by atoms with Crippen molar-refractivity contribution in [3.63, 3.8) is 0 Å². The van der Waals surface area contributed by atoms with Gasteiger partial charge in [0.25, 0.3) is 6.69 Å². The summed E-state index contributed by atoms with van der Waals surface area (Å²) >= 11 is 11.7. The van der Waals surface area contributed by atoms with E-state index >= 15 is 0 Å². The molecule has 0 heterocycles. The summed E-state index contributed by atoms with van der Waals surface area (Å²) in [6.07, 6.45) is -9.75. The number of hydrogen-bond donors (Lipinski definition) is 0. The van der Waals surface area contributed by atoms with Gasteiger partial charge in [-0.25, -0.2) is 0 Å². The van der Waals surface area contributed by atoms with Crippen molar-refractivity contribution in [3.05, 3.63) is 0 Å². The highest BCUT2D eigenvalue weighted by Crippen LogP contribution is 2.74. The first-order valence-corrected chi connectivity index (χ1v) is 12.9. The van der Waals surface area contributed by atoms with Crippen LogP contribution in [-0.4, -0.2) is 42.5 Å². The quantitative estimate of drug-likeness (QED) is 0.188. The van der Waals surface area contributed by atoms with Gasteiger partial charge in [-0.05, 0) is 43.7 Å². The minimum Gasteiger partial charge on any atom is -0.199 e. The fraction of sp³-hybridized carbons (Fsp3) is 1.00. The van der Waals surface area contributed by atoms with Crippen LogP contribution < -0.4 is 0 Å². The molecule has 178 valence electrons. The Balaban J connectivity index is 2.63. The van der Waals surface area contributed by atoms with Gasteiger partial charge in [-0.2, -0.15) is 57.1 Å². The van der Waals surface area contributed by atoms with Crippen LogP contribution in [0, 0.1) is 11.3 Å². The zero-order valence-corrected chi connectivity index (χ0v) is 17.2. The highest BCUT2D eigenvalue weighted by Gasteiger charge is 2.93. The molecule has 30 heavy (non-hydrogen) atoms. The van der Waals surface area contributed by atoms with Crippen LogP contribution in [0.1, 0.15) is 25.7 Å². The molecule has 0 saturated heterocycles. The Morgan fingerprint density at radius 3 is 1.53 bits per heavy atom. The standard InChI is InChI=1S/C14H13Cl2F13Si/c1-30(15,16)7-4-6-2-3-8(7,5-6)9(17,18)10(19,20)11(21,22)12(23,24)13(25,26)14(27,28)29/h6-7H,2-5H2,1H3. The van der Waals surface area contributed by atoms with Gasteiger partial charge in [-0.15, -0.1) is 22.2 Å². The summed E-state index contributed by atoms with van der Waals surface area (Å²) < 4.78 is 176. The van der Waals surface area contributed by atoms with Gasteiger partial charge in [0.05, 0.1) is 0 Å². The summed E-state index contributed by atoms with van der Waals surface area (Å²) in [4.78, 5) is 0. The Kier molecular flexibility index (Phi) is 5.84. The average molecular weight is 527 g/mol. The highest BCUT2D eigenvalue weighted by atomic mass is 35.7. The maximum absolute atomic E-state index is 14.9. The lowest BCUT2D eigenvalue weighted by molar-refractivity contribution is -0.447. The van der Waals surface area contributed by atoms with E-state index in [2.05, 4.69) is 0 Å². The van der Waals surface area contributed by atoms with Crippen LogP contribution in [0.15, 0.2) is 0 Å². The number of halogens is 15. The molecule has 2 fully saturated rings. The molecule has 0 radical (unpaired) electrons. The Bertz CT molecular complexity index is 684.